The van der Waals surface area contributed by atoms with Gasteiger partial charge in [-0.25, -0.2) is 4.98 Å². The van der Waals surface area contributed by atoms with Crippen molar-refractivity contribution in [2.75, 3.05) is 18.5 Å². The number of ether oxygens (including phenoxy) is 1. The number of benzene rings is 2. The van der Waals surface area contributed by atoms with E-state index in [9.17, 15) is 9.59 Å². The highest BCUT2D eigenvalue weighted by molar-refractivity contribution is 5.91. The Morgan fingerprint density at radius 3 is 2.59 bits per heavy atom. The summed E-state index contributed by atoms with van der Waals surface area (Å²) in [4.78, 5) is 28.4. The van der Waals surface area contributed by atoms with E-state index in [1.165, 1.54) is 6.92 Å². The van der Waals surface area contributed by atoms with Crippen molar-refractivity contribution in [3.8, 4) is 5.75 Å². The Bertz CT molecular complexity index is 979. The fourth-order valence-electron chi connectivity index (χ4n) is 3.15. The highest BCUT2D eigenvalue weighted by Gasteiger charge is 2.13. The zero-order valence-corrected chi connectivity index (χ0v) is 16.8. The highest BCUT2D eigenvalue weighted by Crippen LogP contribution is 2.19. The number of anilines is 1. The van der Waals surface area contributed by atoms with Crippen LogP contribution < -0.4 is 15.4 Å². The molecule has 29 heavy (non-hydrogen) atoms. The SMILES string of the molecule is CCOc1ccc(NC(=O)Cn2c(CCCNC(C)=O)nc3ccccc32)cc1. The first-order valence-electron chi connectivity index (χ1n) is 9.78. The van der Waals surface area contributed by atoms with Gasteiger partial charge in [0.1, 0.15) is 18.1 Å². The molecule has 1 aromatic heterocycles. The smallest absolute Gasteiger partial charge is 0.244 e. The van der Waals surface area contributed by atoms with Gasteiger partial charge in [0.25, 0.3) is 0 Å². The number of rotatable bonds is 9. The van der Waals surface area contributed by atoms with Gasteiger partial charge in [-0.05, 0) is 49.7 Å². The molecule has 0 bridgehead atoms. The summed E-state index contributed by atoms with van der Waals surface area (Å²) < 4.78 is 7.36. The third-order valence-corrected chi connectivity index (χ3v) is 4.44. The van der Waals surface area contributed by atoms with Crippen molar-refractivity contribution in [2.24, 2.45) is 0 Å². The topological polar surface area (TPSA) is 85.2 Å². The molecule has 0 aliphatic carbocycles. The third-order valence-electron chi connectivity index (χ3n) is 4.44. The minimum atomic E-state index is -0.125. The van der Waals surface area contributed by atoms with Crippen molar-refractivity contribution in [1.29, 1.82) is 0 Å². The van der Waals surface area contributed by atoms with Crippen molar-refractivity contribution in [1.82, 2.24) is 14.9 Å². The first-order valence-corrected chi connectivity index (χ1v) is 9.78. The predicted octanol–water partition coefficient (Wildman–Crippen LogP) is 3.14. The lowest BCUT2D eigenvalue weighted by Gasteiger charge is -2.11. The largest absolute Gasteiger partial charge is 0.494 e. The van der Waals surface area contributed by atoms with Crippen molar-refractivity contribution < 1.29 is 14.3 Å². The molecule has 0 unspecified atom stereocenters. The molecular weight excluding hydrogens is 368 g/mol. The molecule has 7 nitrogen and oxygen atoms in total. The Morgan fingerprint density at radius 2 is 1.86 bits per heavy atom. The number of fused-ring (bicyclic) bond motifs is 1. The summed E-state index contributed by atoms with van der Waals surface area (Å²) >= 11 is 0. The molecule has 3 rings (SSSR count). The van der Waals surface area contributed by atoms with E-state index >= 15 is 0 Å². The van der Waals surface area contributed by atoms with E-state index < -0.39 is 0 Å². The molecule has 0 atom stereocenters. The van der Waals surface area contributed by atoms with Crippen LogP contribution in [0.2, 0.25) is 0 Å². The van der Waals surface area contributed by atoms with Crippen molar-refractivity contribution >= 4 is 28.5 Å². The molecule has 0 saturated carbocycles. The summed E-state index contributed by atoms with van der Waals surface area (Å²) in [6, 6.07) is 15.1. The zero-order valence-electron chi connectivity index (χ0n) is 16.8. The normalized spacial score (nSPS) is 10.7. The second-order valence-electron chi connectivity index (χ2n) is 6.69. The average Bonchev–Trinajstić information content (AvgIpc) is 3.04. The van der Waals surface area contributed by atoms with Crippen LogP contribution in [0.25, 0.3) is 11.0 Å². The van der Waals surface area contributed by atoms with Gasteiger partial charge < -0.3 is 19.9 Å². The Balaban J connectivity index is 1.70. The van der Waals surface area contributed by atoms with Crippen LogP contribution in [0.15, 0.2) is 48.5 Å². The lowest BCUT2D eigenvalue weighted by molar-refractivity contribution is -0.119. The zero-order chi connectivity index (χ0) is 20.6. The van der Waals surface area contributed by atoms with Gasteiger partial charge in [0, 0.05) is 25.6 Å². The number of amides is 2. The summed E-state index contributed by atoms with van der Waals surface area (Å²) in [6.07, 6.45) is 1.43. The Kier molecular flexibility index (Phi) is 6.84. The van der Waals surface area contributed by atoms with Crippen LogP contribution in [-0.4, -0.2) is 34.5 Å². The maximum absolute atomic E-state index is 12.7. The number of nitrogens with one attached hydrogen (secondary N) is 2. The van der Waals surface area contributed by atoms with Crippen molar-refractivity contribution in [3.63, 3.8) is 0 Å². The van der Waals surface area contributed by atoms with E-state index in [0.717, 1.165) is 34.7 Å². The molecular formula is C22H26N4O3. The quantitative estimate of drug-likeness (QED) is 0.546. The molecule has 152 valence electrons. The number of imidazole rings is 1. The van der Waals surface area contributed by atoms with Crippen LogP contribution in [0.3, 0.4) is 0 Å². The first kappa shape index (κ1) is 20.4. The van der Waals surface area contributed by atoms with E-state index in [-0.39, 0.29) is 18.4 Å². The predicted molar refractivity (Wildman–Crippen MR) is 113 cm³/mol. The number of para-hydroxylation sites is 2. The second kappa shape index (κ2) is 9.73. The molecule has 0 spiro atoms. The van der Waals surface area contributed by atoms with Crippen LogP contribution in [0.4, 0.5) is 5.69 Å². The lowest BCUT2D eigenvalue weighted by Crippen LogP contribution is -2.23. The van der Waals surface area contributed by atoms with Crippen LogP contribution in [0, 0.1) is 0 Å². The van der Waals surface area contributed by atoms with E-state index in [4.69, 9.17) is 4.74 Å². The summed E-state index contributed by atoms with van der Waals surface area (Å²) in [5, 5.41) is 5.71. The number of aromatic nitrogens is 2. The van der Waals surface area contributed by atoms with E-state index in [2.05, 4.69) is 15.6 Å². The molecule has 0 aliphatic heterocycles. The van der Waals surface area contributed by atoms with Gasteiger partial charge in [-0.1, -0.05) is 12.1 Å². The van der Waals surface area contributed by atoms with Gasteiger partial charge in [0.15, 0.2) is 0 Å². The number of aryl methyl sites for hydroxylation is 1. The molecule has 3 aromatic rings. The van der Waals surface area contributed by atoms with Gasteiger partial charge in [0.2, 0.25) is 11.8 Å². The Morgan fingerprint density at radius 1 is 1.10 bits per heavy atom. The highest BCUT2D eigenvalue weighted by atomic mass is 16.5. The minimum absolute atomic E-state index is 0.0479. The number of carbonyl (C=O) groups excluding carboxylic acids is 2. The van der Waals surface area contributed by atoms with Crippen molar-refractivity contribution in [3.05, 3.63) is 54.4 Å². The maximum atomic E-state index is 12.7. The molecule has 2 aromatic carbocycles. The van der Waals surface area contributed by atoms with Crippen LogP contribution >= 0.6 is 0 Å². The van der Waals surface area contributed by atoms with Gasteiger partial charge in [-0.15, -0.1) is 0 Å². The minimum Gasteiger partial charge on any atom is -0.494 e. The van der Waals surface area contributed by atoms with E-state index in [1.807, 2.05) is 60.0 Å². The molecule has 0 fully saturated rings. The first-order chi connectivity index (χ1) is 14.1. The molecule has 2 amide bonds. The van der Waals surface area contributed by atoms with Gasteiger partial charge in [0.05, 0.1) is 17.6 Å². The number of hydrogen-bond acceptors (Lipinski definition) is 4. The standard InChI is InChI=1S/C22H26N4O3/c1-3-29-18-12-10-17(11-13-18)24-22(28)15-26-20-8-5-4-7-19(20)25-21(26)9-6-14-23-16(2)27/h4-5,7-8,10-13H,3,6,9,14-15H2,1-2H3,(H,23,27)(H,24,28). The summed E-state index contributed by atoms with van der Waals surface area (Å²) in [5.74, 6) is 1.43. The molecule has 0 saturated heterocycles. The Labute approximate surface area is 170 Å². The van der Waals surface area contributed by atoms with Crippen LogP contribution in [-0.2, 0) is 22.6 Å². The molecule has 2 N–H and O–H groups in total. The number of carbonyl (C=O) groups is 2. The summed E-state index contributed by atoms with van der Waals surface area (Å²) in [6.45, 7) is 4.78. The van der Waals surface area contributed by atoms with Crippen molar-refractivity contribution in [2.45, 2.75) is 33.2 Å². The van der Waals surface area contributed by atoms with Gasteiger partial charge in [-0.2, -0.15) is 0 Å². The van der Waals surface area contributed by atoms with E-state index in [1.54, 1.807) is 0 Å². The maximum Gasteiger partial charge on any atom is 0.244 e. The lowest BCUT2D eigenvalue weighted by atomic mass is 10.2. The monoisotopic (exact) mass is 394 g/mol. The van der Waals surface area contributed by atoms with Crippen LogP contribution in [0.5, 0.6) is 5.75 Å². The van der Waals surface area contributed by atoms with Gasteiger partial charge in [-0.3, -0.25) is 9.59 Å². The average molecular weight is 394 g/mol. The Hall–Kier alpha value is -3.35. The molecule has 0 radical (unpaired) electrons. The number of nitrogens with zero attached hydrogens (tertiary/aromatic N) is 2. The van der Waals surface area contributed by atoms with Gasteiger partial charge >= 0.3 is 0 Å². The fourth-order valence-corrected chi connectivity index (χ4v) is 3.15. The summed E-state index contributed by atoms with van der Waals surface area (Å²) in [5.41, 5.74) is 2.50. The van der Waals surface area contributed by atoms with Crippen LogP contribution in [0.1, 0.15) is 26.1 Å². The second-order valence-corrected chi connectivity index (χ2v) is 6.69. The third kappa shape index (κ3) is 5.57. The fraction of sp³-hybridized carbons (Fsp3) is 0.318. The molecule has 7 heteroatoms. The van der Waals surface area contributed by atoms with E-state index in [0.29, 0.717) is 19.6 Å². The number of hydrogen-bond donors (Lipinski definition) is 2. The molecule has 1 heterocycles. The summed E-state index contributed by atoms with van der Waals surface area (Å²) in [7, 11) is 0. The molecule has 0 aliphatic rings.